The van der Waals surface area contributed by atoms with E-state index < -0.39 is 0 Å². The summed E-state index contributed by atoms with van der Waals surface area (Å²) in [5.74, 6) is 0.681. The van der Waals surface area contributed by atoms with Crippen LogP contribution in [0, 0.1) is 0 Å². The predicted octanol–water partition coefficient (Wildman–Crippen LogP) is 4.03. The highest BCUT2D eigenvalue weighted by atomic mass is 35.5. The molecule has 1 heterocycles. The number of rotatable bonds is 5. The second kappa shape index (κ2) is 7.72. The van der Waals surface area contributed by atoms with Crippen molar-refractivity contribution in [3.05, 3.63) is 59.2 Å². The minimum atomic E-state index is -0.271. The van der Waals surface area contributed by atoms with Crippen molar-refractivity contribution >= 4 is 23.2 Å². The van der Waals surface area contributed by atoms with Crippen molar-refractivity contribution in [2.45, 2.75) is 0 Å². The summed E-state index contributed by atoms with van der Waals surface area (Å²) in [6, 6.07) is 14.8. The van der Waals surface area contributed by atoms with E-state index in [1.807, 2.05) is 37.4 Å². The lowest BCUT2D eigenvalue weighted by atomic mass is 10.1. The van der Waals surface area contributed by atoms with Gasteiger partial charge in [-0.3, -0.25) is 9.48 Å². The van der Waals surface area contributed by atoms with Gasteiger partial charge in [0.1, 0.15) is 11.5 Å². The normalized spacial score (nSPS) is 10.6. The van der Waals surface area contributed by atoms with E-state index in [0.29, 0.717) is 27.9 Å². The maximum absolute atomic E-state index is 13.0. The van der Waals surface area contributed by atoms with Crippen LogP contribution in [0.5, 0.6) is 11.5 Å². The van der Waals surface area contributed by atoms with Crippen molar-refractivity contribution in [2.75, 3.05) is 26.2 Å². The van der Waals surface area contributed by atoms with Crippen LogP contribution in [0.4, 0.5) is 5.69 Å². The molecule has 3 aromatic rings. The summed E-state index contributed by atoms with van der Waals surface area (Å²) in [7, 11) is 6.51. The van der Waals surface area contributed by atoms with Gasteiger partial charge in [-0.05, 0) is 17.7 Å². The summed E-state index contributed by atoms with van der Waals surface area (Å²) in [6.07, 6.45) is 0. The average Bonchev–Trinajstić information content (AvgIpc) is 3.09. The lowest BCUT2D eigenvalue weighted by molar-refractivity contribution is 0.0987. The second-order valence-corrected chi connectivity index (χ2v) is 6.33. The van der Waals surface area contributed by atoms with Gasteiger partial charge in [0.05, 0.1) is 30.6 Å². The van der Waals surface area contributed by atoms with Crippen LogP contribution in [0.1, 0.15) is 10.5 Å². The van der Waals surface area contributed by atoms with E-state index in [9.17, 15) is 4.79 Å². The Bertz CT molecular complexity index is 970. The number of ether oxygens (including phenoxy) is 2. The van der Waals surface area contributed by atoms with Crippen molar-refractivity contribution in [3.63, 3.8) is 0 Å². The maximum atomic E-state index is 13.0. The molecule has 0 saturated heterocycles. The van der Waals surface area contributed by atoms with Crippen molar-refractivity contribution in [3.8, 4) is 22.8 Å². The molecule has 0 bridgehead atoms. The van der Waals surface area contributed by atoms with Crippen LogP contribution >= 0.6 is 11.6 Å². The van der Waals surface area contributed by atoms with Crippen molar-refractivity contribution in [1.29, 1.82) is 0 Å². The maximum Gasteiger partial charge on any atom is 0.278 e. The molecule has 0 N–H and O–H groups in total. The van der Waals surface area contributed by atoms with Gasteiger partial charge in [0.25, 0.3) is 5.91 Å². The smallest absolute Gasteiger partial charge is 0.278 e. The highest BCUT2D eigenvalue weighted by molar-refractivity contribution is 6.32. The molecule has 6 nitrogen and oxygen atoms in total. The molecular weight excluding hydrogens is 366 g/mol. The standard InChI is InChI=1S/C20H20ClN3O3/c1-23(17-10-14(21)18(26-3)12-19(17)27-4)20(25)15-11-16(24(2)22-15)13-8-6-5-7-9-13/h5-12H,1-4H3. The molecule has 7 heteroatoms. The Labute approximate surface area is 162 Å². The van der Waals surface area contributed by atoms with E-state index >= 15 is 0 Å². The molecule has 0 saturated carbocycles. The fourth-order valence-electron chi connectivity index (χ4n) is 2.84. The zero-order valence-electron chi connectivity index (χ0n) is 15.6. The molecule has 0 aliphatic rings. The largest absolute Gasteiger partial charge is 0.495 e. The molecule has 0 spiro atoms. The van der Waals surface area contributed by atoms with E-state index in [0.717, 1.165) is 11.3 Å². The second-order valence-electron chi connectivity index (χ2n) is 5.93. The number of anilines is 1. The first-order chi connectivity index (χ1) is 13.0. The number of hydrogen-bond donors (Lipinski definition) is 0. The van der Waals surface area contributed by atoms with Gasteiger partial charge in [0.2, 0.25) is 0 Å². The molecule has 0 aliphatic heterocycles. The number of halogens is 1. The fourth-order valence-corrected chi connectivity index (χ4v) is 3.07. The summed E-state index contributed by atoms with van der Waals surface area (Å²) >= 11 is 6.22. The third-order valence-corrected chi connectivity index (χ3v) is 4.58. The Hall–Kier alpha value is -2.99. The molecule has 2 aromatic carbocycles. The van der Waals surface area contributed by atoms with Gasteiger partial charge in [-0.25, -0.2) is 0 Å². The van der Waals surface area contributed by atoms with Crippen LogP contribution in [-0.2, 0) is 7.05 Å². The molecule has 0 unspecified atom stereocenters. The summed E-state index contributed by atoms with van der Waals surface area (Å²) in [6.45, 7) is 0. The summed E-state index contributed by atoms with van der Waals surface area (Å²) < 4.78 is 12.3. The van der Waals surface area contributed by atoms with Crippen LogP contribution in [0.15, 0.2) is 48.5 Å². The number of nitrogens with zero attached hydrogens (tertiary/aromatic N) is 3. The molecule has 27 heavy (non-hydrogen) atoms. The van der Waals surface area contributed by atoms with E-state index in [1.165, 1.54) is 19.1 Å². The van der Waals surface area contributed by atoms with Crippen LogP contribution in [0.25, 0.3) is 11.3 Å². The topological polar surface area (TPSA) is 56.6 Å². The van der Waals surface area contributed by atoms with Crippen molar-refractivity contribution in [1.82, 2.24) is 9.78 Å². The van der Waals surface area contributed by atoms with Gasteiger partial charge in [0.15, 0.2) is 5.69 Å². The Kier molecular flexibility index (Phi) is 5.37. The Morgan fingerprint density at radius 1 is 1.07 bits per heavy atom. The molecule has 1 amide bonds. The Balaban J connectivity index is 1.96. The lowest BCUT2D eigenvalue weighted by Gasteiger charge is -2.20. The van der Waals surface area contributed by atoms with Crippen LogP contribution in [0.2, 0.25) is 5.02 Å². The van der Waals surface area contributed by atoms with Crippen molar-refractivity contribution in [2.24, 2.45) is 7.05 Å². The fraction of sp³-hybridized carbons (Fsp3) is 0.200. The molecule has 1 aromatic heterocycles. The minimum absolute atomic E-state index is 0.271. The van der Waals surface area contributed by atoms with E-state index in [-0.39, 0.29) is 5.91 Å². The summed E-state index contributed by atoms with van der Waals surface area (Å²) in [4.78, 5) is 14.5. The van der Waals surface area contributed by atoms with Crippen molar-refractivity contribution < 1.29 is 14.3 Å². The molecule has 0 fully saturated rings. The van der Waals surface area contributed by atoms with Gasteiger partial charge >= 0.3 is 0 Å². The number of methoxy groups -OCH3 is 2. The lowest BCUT2D eigenvalue weighted by Crippen LogP contribution is -2.27. The monoisotopic (exact) mass is 385 g/mol. The van der Waals surface area contributed by atoms with Gasteiger partial charge in [0, 0.05) is 20.2 Å². The molecule has 0 aliphatic carbocycles. The number of aryl methyl sites for hydroxylation is 1. The summed E-state index contributed by atoms with van der Waals surface area (Å²) in [5, 5.41) is 4.76. The first-order valence-electron chi connectivity index (χ1n) is 8.25. The molecule has 140 valence electrons. The Morgan fingerprint density at radius 3 is 2.37 bits per heavy atom. The van der Waals surface area contributed by atoms with Gasteiger partial charge in [-0.15, -0.1) is 0 Å². The third kappa shape index (κ3) is 3.61. The molecule has 0 atom stereocenters. The number of carbonyl (C=O) groups is 1. The number of carbonyl (C=O) groups excluding carboxylic acids is 1. The van der Waals surface area contributed by atoms with Crippen LogP contribution in [0.3, 0.4) is 0 Å². The van der Waals surface area contributed by atoms with Crippen LogP contribution < -0.4 is 14.4 Å². The molecule has 3 rings (SSSR count). The Morgan fingerprint density at radius 2 is 1.74 bits per heavy atom. The van der Waals surface area contributed by atoms with Crippen LogP contribution in [-0.4, -0.2) is 37.0 Å². The number of amides is 1. The highest BCUT2D eigenvalue weighted by Gasteiger charge is 2.22. The van der Waals surface area contributed by atoms with Gasteiger partial charge in [-0.2, -0.15) is 5.10 Å². The third-order valence-electron chi connectivity index (χ3n) is 4.29. The zero-order valence-corrected chi connectivity index (χ0v) is 16.3. The molecule has 0 radical (unpaired) electrons. The van der Waals surface area contributed by atoms with Gasteiger partial charge < -0.3 is 14.4 Å². The van der Waals surface area contributed by atoms with E-state index in [4.69, 9.17) is 21.1 Å². The number of aromatic nitrogens is 2. The summed E-state index contributed by atoms with van der Waals surface area (Å²) in [5.41, 5.74) is 2.69. The van der Waals surface area contributed by atoms with Gasteiger partial charge in [-0.1, -0.05) is 41.9 Å². The minimum Gasteiger partial charge on any atom is -0.495 e. The molecular formula is C20H20ClN3O3. The zero-order chi connectivity index (χ0) is 19.6. The first kappa shape index (κ1) is 18.8. The van der Waals surface area contributed by atoms with E-state index in [2.05, 4.69) is 5.10 Å². The van der Waals surface area contributed by atoms with E-state index in [1.54, 1.807) is 29.9 Å². The SMILES string of the molecule is COc1cc(OC)c(N(C)C(=O)c2cc(-c3ccccc3)n(C)n2)cc1Cl. The highest BCUT2D eigenvalue weighted by Crippen LogP contribution is 2.38. The number of benzene rings is 2. The average molecular weight is 386 g/mol. The predicted molar refractivity (Wildman–Crippen MR) is 106 cm³/mol. The first-order valence-corrected chi connectivity index (χ1v) is 8.63. The number of hydrogen-bond acceptors (Lipinski definition) is 4. The quantitative estimate of drug-likeness (QED) is 0.665.